The first kappa shape index (κ1) is 22.1. The van der Waals surface area contributed by atoms with Crippen molar-refractivity contribution >= 4 is 66.6 Å². The molecular weight excluding hydrogens is 464 g/mol. The van der Waals surface area contributed by atoms with Gasteiger partial charge in [0.1, 0.15) is 11.2 Å². The molecule has 0 bridgehead atoms. The highest BCUT2D eigenvalue weighted by Crippen LogP contribution is 2.49. The van der Waals surface area contributed by atoms with Crippen LogP contribution in [0.3, 0.4) is 0 Å². The summed E-state index contributed by atoms with van der Waals surface area (Å²) in [5.74, 6) is 0. The molecule has 1 aromatic heterocycles. The average Bonchev–Trinajstić information content (AvgIpc) is 3.46. The maximum atomic E-state index is 2.43. The van der Waals surface area contributed by atoms with Crippen LogP contribution in [0.5, 0.6) is 0 Å². The largest absolute Gasteiger partial charge is 0.335 e. The van der Waals surface area contributed by atoms with Crippen LogP contribution in [0, 0.1) is 0 Å². The molecule has 1 aliphatic rings. The second kappa shape index (κ2) is 9.37. The van der Waals surface area contributed by atoms with E-state index in [2.05, 4.69) is 126 Å². The van der Waals surface area contributed by atoms with Gasteiger partial charge in [-0.25, -0.2) is 0 Å². The number of hydrogen-bond acceptors (Lipinski definition) is 3. The molecule has 2 nitrogen and oxygen atoms in total. The summed E-state index contributed by atoms with van der Waals surface area (Å²) in [6.07, 6.45) is 10.9. The van der Waals surface area contributed by atoms with E-state index in [4.69, 9.17) is 0 Å². The lowest BCUT2D eigenvalue weighted by atomic mass is 10.1. The van der Waals surface area contributed by atoms with E-state index >= 15 is 0 Å². The maximum Gasteiger partial charge on any atom is 0.262 e. The van der Waals surface area contributed by atoms with Gasteiger partial charge < -0.3 is 4.90 Å². The van der Waals surface area contributed by atoms with Crippen LogP contribution >= 0.6 is 23.1 Å². The molecule has 1 aliphatic heterocycles. The summed E-state index contributed by atoms with van der Waals surface area (Å²) in [4.78, 5) is 3.76. The monoisotopic (exact) mass is 491 g/mol. The van der Waals surface area contributed by atoms with E-state index in [1.165, 1.54) is 52.4 Å². The lowest BCUT2D eigenvalue weighted by molar-refractivity contribution is -0.664. The van der Waals surface area contributed by atoms with Crippen LogP contribution in [0.1, 0.15) is 18.9 Å². The van der Waals surface area contributed by atoms with E-state index in [1.54, 1.807) is 0 Å². The van der Waals surface area contributed by atoms with Gasteiger partial charge in [-0.1, -0.05) is 95.9 Å². The predicted octanol–water partition coefficient (Wildman–Crippen LogP) is 8.56. The summed E-state index contributed by atoms with van der Waals surface area (Å²) in [7, 11) is 0. The summed E-state index contributed by atoms with van der Waals surface area (Å²) < 4.78 is 3.76. The molecule has 6 rings (SSSR count). The van der Waals surface area contributed by atoms with Crippen molar-refractivity contribution in [2.75, 3.05) is 11.4 Å². The number of thiazole rings is 1. The van der Waals surface area contributed by atoms with Crippen LogP contribution in [-0.4, -0.2) is 6.54 Å². The Bertz CT molecular complexity index is 1660. The zero-order valence-electron chi connectivity index (χ0n) is 19.9. The van der Waals surface area contributed by atoms with Gasteiger partial charge in [0.05, 0.1) is 16.1 Å². The topological polar surface area (TPSA) is 7.12 Å². The molecule has 0 aliphatic carbocycles. The van der Waals surface area contributed by atoms with Crippen molar-refractivity contribution in [2.24, 2.45) is 0 Å². The van der Waals surface area contributed by atoms with Gasteiger partial charge in [0.25, 0.3) is 5.01 Å². The Morgan fingerprint density at radius 3 is 2.34 bits per heavy atom. The van der Waals surface area contributed by atoms with Crippen molar-refractivity contribution in [3.05, 3.63) is 107 Å². The van der Waals surface area contributed by atoms with Gasteiger partial charge in [-0.05, 0) is 48.9 Å². The summed E-state index contributed by atoms with van der Waals surface area (Å²) in [5, 5.41) is 7.80. The van der Waals surface area contributed by atoms with Crippen LogP contribution < -0.4 is 9.47 Å². The third kappa shape index (κ3) is 3.87. The van der Waals surface area contributed by atoms with Gasteiger partial charge in [0.2, 0.25) is 5.52 Å². The minimum absolute atomic E-state index is 0.954. The first-order chi connectivity index (χ1) is 17.3. The van der Waals surface area contributed by atoms with Crippen LogP contribution in [-0.2, 0) is 6.54 Å². The fraction of sp³-hybridized carbons (Fsp3) is 0.129. The minimum Gasteiger partial charge on any atom is -0.335 e. The molecule has 35 heavy (non-hydrogen) atoms. The fourth-order valence-electron chi connectivity index (χ4n) is 4.96. The Morgan fingerprint density at radius 2 is 1.54 bits per heavy atom. The number of thioether (sulfide) groups is 1. The maximum absolute atomic E-state index is 2.43. The summed E-state index contributed by atoms with van der Waals surface area (Å²) in [6.45, 7) is 6.36. The van der Waals surface area contributed by atoms with Crippen molar-refractivity contribution in [1.29, 1.82) is 0 Å². The predicted molar refractivity (Wildman–Crippen MR) is 154 cm³/mol. The van der Waals surface area contributed by atoms with Gasteiger partial charge in [-0.15, -0.1) is 0 Å². The second-order valence-corrected chi connectivity index (χ2v) is 10.7. The van der Waals surface area contributed by atoms with Gasteiger partial charge in [-0.2, -0.15) is 4.57 Å². The standard InChI is InChI=1S/C31H27N2S2/c1-3-32-28(34-26-20-18-22-12-8-10-14-24(22)30(26)32)16-6-5-7-17-29-33(4-2)31-25-15-11-9-13-23(25)19-21-27(31)35-29/h5-21H,3-4H2,1-2H3/q+1. The Balaban J connectivity index is 1.28. The third-order valence-electron chi connectivity index (χ3n) is 6.56. The summed E-state index contributed by atoms with van der Waals surface area (Å²) >= 11 is 3.72. The number of aryl methyl sites for hydroxylation is 1. The highest BCUT2D eigenvalue weighted by atomic mass is 32.2. The molecule has 0 saturated carbocycles. The van der Waals surface area contributed by atoms with E-state index < -0.39 is 0 Å². The molecule has 4 heteroatoms. The van der Waals surface area contributed by atoms with Gasteiger partial charge in [0.15, 0.2) is 0 Å². The highest BCUT2D eigenvalue weighted by Gasteiger charge is 2.25. The molecule has 0 radical (unpaired) electrons. The van der Waals surface area contributed by atoms with Crippen LogP contribution in [0.15, 0.2) is 107 Å². The first-order valence-electron chi connectivity index (χ1n) is 12.1. The number of allylic oxidation sites excluding steroid dienone is 4. The lowest BCUT2D eigenvalue weighted by Gasteiger charge is -2.19. The molecule has 0 spiro atoms. The SMILES string of the molecule is CCN1/C(=C/C=C/C=C/c2sc3ccc4ccccc4c3[n+]2CC)Sc2ccc3ccccc3c21. The van der Waals surface area contributed by atoms with E-state index in [0.29, 0.717) is 0 Å². The number of aromatic nitrogens is 1. The Kier molecular flexibility index (Phi) is 5.93. The molecule has 0 fully saturated rings. The minimum atomic E-state index is 0.954. The van der Waals surface area contributed by atoms with Crippen molar-refractivity contribution in [1.82, 2.24) is 0 Å². The summed E-state index contributed by atoms with van der Waals surface area (Å²) in [5.41, 5.74) is 2.68. The number of benzene rings is 4. The van der Waals surface area contributed by atoms with E-state index in [0.717, 1.165) is 13.1 Å². The van der Waals surface area contributed by atoms with Crippen molar-refractivity contribution in [2.45, 2.75) is 25.3 Å². The van der Waals surface area contributed by atoms with Crippen molar-refractivity contribution in [3.8, 4) is 0 Å². The molecule has 0 atom stereocenters. The molecule has 0 amide bonds. The molecule has 0 N–H and O–H groups in total. The smallest absolute Gasteiger partial charge is 0.262 e. The van der Waals surface area contributed by atoms with Gasteiger partial charge in [0, 0.05) is 22.9 Å². The zero-order chi connectivity index (χ0) is 23.8. The Labute approximate surface area is 214 Å². The Hall–Kier alpha value is -3.34. The van der Waals surface area contributed by atoms with Gasteiger partial charge >= 0.3 is 0 Å². The Morgan fingerprint density at radius 1 is 0.800 bits per heavy atom. The van der Waals surface area contributed by atoms with E-state index in [1.807, 2.05) is 23.1 Å². The quantitative estimate of drug-likeness (QED) is 0.180. The molecule has 172 valence electrons. The number of nitrogens with zero attached hydrogens (tertiary/aromatic N) is 2. The van der Waals surface area contributed by atoms with E-state index in [9.17, 15) is 0 Å². The zero-order valence-corrected chi connectivity index (χ0v) is 21.6. The second-order valence-electron chi connectivity index (χ2n) is 8.55. The number of rotatable bonds is 5. The molecule has 0 unspecified atom stereocenters. The van der Waals surface area contributed by atoms with Crippen LogP contribution in [0.25, 0.3) is 37.8 Å². The average molecular weight is 492 g/mol. The van der Waals surface area contributed by atoms with Crippen LogP contribution in [0.4, 0.5) is 5.69 Å². The van der Waals surface area contributed by atoms with Crippen molar-refractivity contribution in [3.63, 3.8) is 0 Å². The van der Waals surface area contributed by atoms with Crippen LogP contribution in [0.2, 0.25) is 0 Å². The van der Waals surface area contributed by atoms with Gasteiger partial charge in [-0.3, -0.25) is 0 Å². The number of anilines is 1. The normalized spacial score (nSPS) is 15.0. The molecule has 0 saturated heterocycles. The van der Waals surface area contributed by atoms with Crippen molar-refractivity contribution < 1.29 is 4.57 Å². The number of fused-ring (bicyclic) bond motifs is 6. The molecular formula is C31H27N2S2+. The van der Waals surface area contributed by atoms with E-state index in [-0.39, 0.29) is 0 Å². The molecule has 2 heterocycles. The summed E-state index contributed by atoms with van der Waals surface area (Å²) in [6, 6.07) is 26.3. The molecule has 4 aromatic carbocycles. The lowest BCUT2D eigenvalue weighted by Crippen LogP contribution is -2.33. The fourth-order valence-corrected chi connectivity index (χ4v) is 7.27. The highest BCUT2D eigenvalue weighted by molar-refractivity contribution is 8.03. The number of hydrogen-bond donors (Lipinski definition) is 0. The first-order valence-corrected chi connectivity index (χ1v) is 13.8. The molecule has 5 aromatic rings. The third-order valence-corrected chi connectivity index (χ3v) is 8.79.